The Kier molecular flexibility index (Phi) is 7.41. The lowest BCUT2D eigenvalue weighted by molar-refractivity contribution is 1.18. The molecule has 9 aromatic rings. The van der Waals surface area contributed by atoms with Crippen LogP contribution in [0, 0.1) is 0 Å². The van der Waals surface area contributed by atoms with E-state index in [0.717, 1.165) is 0 Å². The van der Waals surface area contributed by atoms with Crippen LogP contribution in [0.1, 0.15) is 0 Å². The summed E-state index contributed by atoms with van der Waals surface area (Å²) >= 11 is 3.77. The van der Waals surface area contributed by atoms with Crippen molar-refractivity contribution in [3.63, 3.8) is 0 Å². The van der Waals surface area contributed by atoms with Gasteiger partial charge >= 0.3 is 0 Å². The first-order chi connectivity index (χ1) is 25.3. The van der Waals surface area contributed by atoms with Crippen LogP contribution in [0.25, 0.3) is 72.0 Å². The van der Waals surface area contributed by atoms with Crippen molar-refractivity contribution in [1.29, 1.82) is 0 Å². The van der Waals surface area contributed by atoms with E-state index in [2.05, 4.69) is 193 Å². The van der Waals surface area contributed by atoms with Crippen LogP contribution in [-0.2, 0) is 0 Å². The molecule has 1 aliphatic rings. The summed E-state index contributed by atoms with van der Waals surface area (Å²) in [6.45, 7) is 0. The van der Waals surface area contributed by atoms with Gasteiger partial charge in [0.1, 0.15) is 0 Å². The normalized spacial score (nSPS) is 12.2. The highest BCUT2D eigenvalue weighted by atomic mass is 32.2. The Hall–Kier alpha value is -5.74. The fourth-order valence-corrected chi connectivity index (χ4v) is 10.0. The molecule has 0 aliphatic carbocycles. The van der Waals surface area contributed by atoms with Gasteiger partial charge in [-0.05, 0) is 87.0 Å². The summed E-state index contributed by atoms with van der Waals surface area (Å²) in [6.07, 6.45) is 0. The molecule has 3 heteroatoms. The van der Waals surface area contributed by atoms with Crippen LogP contribution in [0.5, 0.6) is 0 Å². The minimum absolute atomic E-state index is 1.17. The zero-order chi connectivity index (χ0) is 33.7. The predicted octanol–water partition coefficient (Wildman–Crippen LogP) is 14.1. The Morgan fingerprint density at radius 3 is 1.51 bits per heavy atom. The van der Waals surface area contributed by atoms with Gasteiger partial charge in [0.05, 0.1) is 11.0 Å². The Bertz CT molecular complexity index is 2740. The van der Waals surface area contributed by atoms with Gasteiger partial charge in [-0.3, -0.25) is 0 Å². The van der Waals surface area contributed by atoms with E-state index in [1.807, 2.05) is 23.5 Å². The zero-order valence-electron chi connectivity index (χ0n) is 27.7. The van der Waals surface area contributed by atoms with Gasteiger partial charge in [-0.25, -0.2) is 0 Å². The molecule has 0 atom stereocenters. The highest BCUT2D eigenvalue weighted by molar-refractivity contribution is 8.00. The number of nitrogens with zero attached hydrogens (tertiary/aromatic N) is 1. The van der Waals surface area contributed by atoms with Crippen molar-refractivity contribution >= 4 is 45.3 Å². The maximum atomic E-state index is 2.41. The van der Waals surface area contributed by atoms with E-state index in [4.69, 9.17) is 0 Å². The first-order valence-electron chi connectivity index (χ1n) is 17.3. The van der Waals surface area contributed by atoms with Gasteiger partial charge in [-0.15, -0.1) is 0 Å². The summed E-state index contributed by atoms with van der Waals surface area (Å²) < 4.78 is 2.39. The van der Waals surface area contributed by atoms with Crippen molar-refractivity contribution in [2.45, 2.75) is 19.6 Å². The number of hydrogen-bond donors (Lipinski definition) is 0. The molecule has 0 N–H and O–H groups in total. The lowest BCUT2D eigenvalue weighted by Gasteiger charge is -2.23. The van der Waals surface area contributed by atoms with Crippen LogP contribution in [-0.4, -0.2) is 4.57 Å². The van der Waals surface area contributed by atoms with Gasteiger partial charge in [0.25, 0.3) is 0 Å². The molecule has 1 aliphatic heterocycles. The largest absolute Gasteiger partial charge is 0.309 e. The van der Waals surface area contributed by atoms with Gasteiger partial charge in [0.15, 0.2) is 0 Å². The van der Waals surface area contributed by atoms with Crippen molar-refractivity contribution in [3.8, 4) is 50.2 Å². The molecule has 2 heterocycles. The smallest absolute Gasteiger partial charge is 0.0541 e. The van der Waals surface area contributed by atoms with Gasteiger partial charge in [0, 0.05) is 36.0 Å². The highest BCUT2D eigenvalue weighted by Gasteiger charge is 2.24. The summed E-state index contributed by atoms with van der Waals surface area (Å²) in [4.78, 5) is 5.05. The van der Waals surface area contributed by atoms with E-state index in [1.165, 1.54) is 91.6 Å². The van der Waals surface area contributed by atoms with E-state index in [0.29, 0.717) is 0 Å². The molecule has 8 aromatic carbocycles. The van der Waals surface area contributed by atoms with Gasteiger partial charge in [0.2, 0.25) is 0 Å². The number of benzene rings is 8. The van der Waals surface area contributed by atoms with Crippen molar-refractivity contribution in [2.75, 3.05) is 0 Å². The monoisotopic (exact) mass is 685 g/mol. The van der Waals surface area contributed by atoms with Crippen molar-refractivity contribution in [1.82, 2.24) is 4.57 Å². The fraction of sp³-hybridized carbons (Fsp3) is 0. The number of aromatic nitrogens is 1. The zero-order valence-corrected chi connectivity index (χ0v) is 29.3. The summed E-state index contributed by atoms with van der Waals surface area (Å²) in [5, 5.41) is 2.51. The standard InChI is InChI=1S/C48H31NS2/c1-3-15-32(16-4-1)35-22-13-24-40-38-20-8-11-27-45(38)50-46-28-12-9-21-39(46)41-25-14-23-36(48(41)51-47(35)40)33-29-30-44-42(31-33)37-19-7-10-26-43(37)49(44)34-17-5-2-6-18-34/h1-31H. The molecule has 1 nitrogen and oxygen atoms in total. The summed E-state index contributed by atoms with van der Waals surface area (Å²) in [5.41, 5.74) is 13.5. The van der Waals surface area contributed by atoms with Crippen molar-refractivity contribution in [2.24, 2.45) is 0 Å². The second-order valence-corrected chi connectivity index (χ2v) is 15.0. The molecule has 1 aromatic heterocycles. The molecular formula is C48H31NS2. The average molecular weight is 686 g/mol. The second-order valence-electron chi connectivity index (χ2n) is 12.8. The number of fused-ring (bicyclic) bond motifs is 9. The third-order valence-corrected chi connectivity index (χ3v) is 12.3. The molecule has 0 spiro atoms. The molecule has 0 amide bonds. The average Bonchev–Trinajstić information content (AvgIpc) is 3.53. The Morgan fingerprint density at radius 2 is 0.824 bits per heavy atom. The van der Waals surface area contributed by atoms with Gasteiger partial charge < -0.3 is 4.57 Å². The third-order valence-electron chi connectivity index (χ3n) is 9.89. The molecule has 0 fully saturated rings. The second kappa shape index (κ2) is 12.5. The molecule has 0 bridgehead atoms. The minimum Gasteiger partial charge on any atom is -0.309 e. The van der Waals surface area contributed by atoms with Crippen molar-refractivity contribution < 1.29 is 0 Å². The summed E-state index contributed by atoms with van der Waals surface area (Å²) in [7, 11) is 0. The Morgan fingerprint density at radius 1 is 0.314 bits per heavy atom. The Labute approximate surface area is 306 Å². The van der Waals surface area contributed by atoms with Gasteiger partial charge in [-0.2, -0.15) is 0 Å². The van der Waals surface area contributed by atoms with Crippen LogP contribution in [0.3, 0.4) is 0 Å². The number of rotatable bonds is 3. The molecule has 10 rings (SSSR count). The molecule has 0 radical (unpaired) electrons. The highest BCUT2D eigenvalue weighted by Crippen LogP contribution is 2.53. The minimum atomic E-state index is 1.17. The maximum absolute atomic E-state index is 2.41. The van der Waals surface area contributed by atoms with Gasteiger partial charge in [-0.1, -0.05) is 169 Å². The first-order valence-corrected chi connectivity index (χ1v) is 18.9. The SMILES string of the molecule is c1ccc(-c2cccc3c2Sc2c(-c4ccc5c(c4)c4ccccc4n5-c4ccccc4)cccc2-c2ccccc2Sc2ccccc2-3)cc1. The van der Waals surface area contributed by atoms with Crippen LogP contribution >= 0.6 is 23.5 Å². The Balaban J connectivity index is 1.26. The third kappa shape index (κ3) is 5.12. The molecular weight excluding hydrogens is 655 g/mol. The van der Waals surface area contributed by atoms with E-state index < -0.39 is 0 Å². The van der Waals surface area contributed by atoms with Crippen LogP contribution in [0.4, 0.5) is 0 Å². The van der Waals surface area contributed by atoms with E-state index in [9.17, 15) is 0 Å². The predicted molar refractivity (Wildman–Crippen MR) is 217 cm³/mol. The van der Waals surface area contributed by atoms with Crippen LogP contribution in [0.15, 0.2) is 208 Å². The summed E-state index contributed by atoms with van der Waals surface area (Å²) in [5.74, 6) is 0. The van der Waals surface area contributed by atoms with E-state index in [-0.39, 0.29) is 0 Å². The molecule has 0 saturated carbocycles. The fourth-order valence-electron chi connectivity index (χ4n) is 7.56. The number of para-hydroxylation sites is 2. The topological polar surface area (TPSA) is 4.93 Å². The molecule has 51 heavy (non-hydrogen) atoms. The molecule has 0 saturated heterocycles. The first kappa shape index (κ1) is 30.1. The lowest BCUT2D eigenvalue weighted by Crippen LogP contribution is -1.96. The van der Waals surface area contributed by atoms with Crippen LogP contribution < -0.4 is 0 Å². The lowest BCUT2D eigenvalue weighted by atomic mass is 9.97. The molecule has 0 unspecified atom stereocenters. The summed E-state index contributed by atoms with van der Waals surface area (Å²) in [6, 6.07) is 68.8. The number of hydrogen-bond acceptors (Lipinski definition) is 2. The van der Waals surface area contributed by atoms with Crippen molar-refractivity contribution in [3.05, 3.63) is 188 Å². The maximum Gasteiger partial charge on any atom is 0.0541 e. The van der Waals surface area contributed by atoms with E-state index >= 15 is 0 Å². The molecule has 240 valence electrons. The van der Waals surface area contributed by atoms with Crippen LogP contribution in [0.2, 0.25) is 0 Å². The quantitative estimate of drug-likeness (QED) is 0.182. The van der Waals surface area contributed by atoms with E-state index in [1.54, 1.807) is 0 Å².